The molecular formula is C10H14F2O4. The summed E-state index contributed by atoms with van der Waals surface area (Å²) < 4.78 is 24.1. The van der Waals surface area contributed by atoms with Crippen molar-refractivity contribution in [2.75, 3.05) is 0 Å². The van der Waals surface area contributed by atoms with Crippen LogP contribution in [0.2, 0.25) is 0 Å². The van der Waals surface area contributed by atoms with Gasteiger partial charge in [0.2, 0.25) is 0 Å². The second-order valence-corrected chi connectivity index (χ2v) is 4.08. The maximum absolute atomic E-state index is 12.1. The monoisotopic (exact) mass is 236 g/mol. The summed E-state index contributed by atoms with van der Waals surface area (Å²) in [6, 6.07) is 0. The van der Waals surface area contributed by atoms with Gasteiger partial charge in [-0.2, -0.15) is 0 Å². The molecule has 2 N–H and O–H groups in total. The summed E-state index contributed by atoms with van der Waals surface area (Å²) >= 11 is 0. The van der Waals surface area contributed by atoms with Crippen LogP contribution >= 0.6 is 0 Å². The molecule has 4 atom stereocenters. The second-order valence-electron chi connectivity index (χ2n) is 4.08. The van der Waals surface area contributed by atoms with Crippen molar-refractivity contribution in [3.05, 3.63) is 0 Å². The number of hydrogen-bond acceptors (Lipinski definition) is 2. The second kappa shape index (κ2) is 5.23. The normalized spacial score (nSPS) is 36.1. The molecule has 0 amide bonds. The average Bonchev–Trinajstić information content (AvgIpc) is 2.12. The van der Waals surface area contributed by atoms with Gasteiger partial charge in [0.25, 0.3) is 0 Å². The Labute approximate surface area is 91.3 Å². The van der Waals surface area contributed by atoms with Gasteiger partial charge in [0.1, 0.15) is 12.3 Å². The molecule has 0 aromatic carbocycles. The first-order chi connectivity index (χ1) is 7.43. The van der Waals surface area contributed by atoms with Crippen molar-refractivity contribution in [1.82, 2.24) is 0 Å². The lowest BCUT2D eigenvalue weighted by atomic mass is 9.83. The van der Waals surface area contributed by atoms with Crippen LogP contribution in [0.25, 0.3) is 0 Å². The van der Waals surface area contributed by atoms with E-state index in [-0.39, 0.29) is 0 Å². The Morgan fingerprint density at radius 3 is 1.12 bits per heavy atom. The fraction of sp³-hybridized carbons (Fsp3) is 0.800. The fourth-order valence-corrected chi connectivity index (χ4v) is 1.48. The highest BCUT2D eigenvalue weighted by molar-refractivity contribution is 5.72. The van der Waals surface area contributed by atoms with Crippen molar-refractivity contribution in [3.8, 4) is 0 Å². The van der Waals surface area contributed by atoms with Gasteiger partial charge in [-0.1, -0.05) is 0 Å². The molecule has 2 aliphatic carbocycles. The number of carbonyl (C=O) groups is 2. The summed E-state index contributed by atoms with van der Waals surface area (Å²) in [5, 5.41) is 16.3. The zero-order valence-corrected chi connectivity index (χ0v) is 8.60. The summed E-state index contributed by atoms with van der Waals surface area (Å²) in [4.78, 5) is 19.9. The molecular weight excluding hydrogens is 222 g/mol. The van der Waals surface area contributed by atoms with Crippen LogP contribution in [0, 0.1) is 11.8 Å². The number of halogens is 2. The van der Waals surface area contributed by atoms with Crippen LogP contribution in [0.5, 0.6) is 0 Å². The SMILES string of the molecule is O=C(O)[C@@H]1CC[C@@H]1F.O=C(O)[C@H]1CC[C@H]1F. The van der Waals surface area contributed by atoms with Gasteiger partial charge in [-0.3, -0.25) is 9.59 Å². The van der Waals surface area contributed by atoms with Crippen LogP contribution in [0.3, 0.4) is 0 Å². The van der Waals surface area contributed by atoms with Crippen LogP contribution in [0.1, 0.15) is 25.7 Å². The van der Waals surface area contributed by atoms with Gasteiger partial charge in [-0.05, 0) is 25.7 Å². The molecule has 0 heterocycles. The lowest BCUT2D eigenvalue weighted by Gasteiger charge is -2.25. The number of hydrogen-bond donors (Lipinski definition) is 2. The quantitative estimate of drug-likeness (QED) is 0.764. The molecule has 0 radical (unpaired) electrons. The summed E-state index contributed by atoms with van der Waals surface area (Å²) in [6.07, 6.45) is -0.277. The minimum absolute atomic E-state index is 0.428. The number of carboxylic acids is 2. The molecule has 2 aliphatic rings. The van der Waals surface area contributed by atoms with Gasteiger partial charge in [0.05, 0.1) is 11.8 Å². The van der Waals surface area contributed by atoms with Gasteiger partial charge in [-0.25, -0.2) is 8.78 Å². The molecule has 2 rings (SSSR count). The van der Waals surface area contributed by atoms with E-state index in [0.29, 0.717) is 25.7 Å². The predicted molar refractivity (Wildman–Crippen MR) is 50.5 cm³/mol. The molecule has 0 unspecified atom stereocenters. The van der Waals surface area contributed by atoms with Crippen molar-refractivity contribution in [1.29, 1.82) is 0 Å². The molecule has 0 saturated heterocycles. The molecule has 92 valence electrons. The third-order valence-corrected chi connectivity index (χ3v) is 3.01. The highest BCUT2D eigenvalue weighted by Gasteiger charge is 2.37. The van der Waals surface area contributed by atoms with E-state index < -0.39 is 36.1 Å². The van der Waals surface area contributed by atoms with Gasteiger partial charge in [0.15, 0.2) is 0 Å². The Balaban J connectivity index is 0.000000160. The molecule has 0 bridgehead atoms. The zero-order chi connectivity index (χ0) is 12.3. The highest BCUT2D eigenvalue weighted by Crippen LogP contribution is 2.30. The summed E-state index contributed by atoms with van der Waals surface area (Å²) in [7, 11) is 0. The molecule has 0 aromatic rings. The lowest BCUT2D eigenvalue weighted by molar-refractivity contribution is -0.149. The van der Waals surface area contributed by atoms with Crippen LogP contribution in [-0.2, 0) is 9.59 Å². The summed E-state index contributed by atoms with van der Waals surface area (Å²) in [5.74, 6) is -3.39. The summed E-state index contributed by atoms with van der Waals surface area (Å²) in [5.41, 5.74) is 0. The Kier molecular flexibility index (Phi) is 4.20. The van der Waals surface area contributed by atoms with Gasteiger partial charge in [-0.15, -0.1) is 0 Å². The van der Waals surface area contributed by atoms with Crippen LogP contribution < -0.4 is 0 Å². The van der Waals surface area contributed by atoms with Crippen molar-refractivity contribution >= 4 is 11.9 Å². The lowest BCUT2D eigenvalue weighted by Crippen LogP contribution is -2.33. The van der Waals surface area contributed by atoms with E-state index in [1.807, 2.05) is 0 Å². The molecule has 6 heteroatoms. The maximum Gasteiger partial charge on any atom is 0.309 e. The molecule has 0 aliphatic heterocycles. The molecule has 2 saturated carbocycles. The van der Waals surface area contributed by atoms with Crippen molar-refractivity contribution in [2.24, 2.45) is 11.8 Å². The number of rotatable bonds is 2. The van der Waals surface area contributed by atoms with E-state index in [2.05, 4.69) is 0 Å². The Morgan fingerprint density at radius 1 is 0.812 bits per heavy atom. The molecule has 16 heavy (non-hydrogen) atoms. The van der Waals surface area contributed by atoms with Gasteiger partial charge >= 0.3 is 11.9 Å². The first-order valence-electron chi connectivity index (χ1n) is 5.17. The van der Waals surface area contributed by atoms with Crippen molar-refractivity contribution < 1.29 is 28.6 Å². The topological polar surface area (TPSA) is 74.6 Å². The third-order valence-electron chi connectivity index (χ3n) is 3.01. The van der Waals surface area contributed by atoms with Crippen LogP contribution in [0.15, 0.2) is 0 Å². The highest BCUT2D eigenvalue weighted by atomic mass is 19.1. The average molecular weight is 236 g/mol. The minimum atomic E-state index is -1.08. The van der Waals surface area contributed by atoms with E-state index in [4.69, 9.17) is 10.2 Å². The van der Waals surface area contributed by atoms with Crippen molar-refractivity contribution in [2.45, 2.75) is 38.0 Å². The first-order valence-corrected chi connectivity index (χ1v) is 5.17. The predicted octanol–water partition coefficient (Wildman–Crippen LogP) is 1.64. The van der Waals surface area contributed by atoms with Gasteiger partial charge < -0.3 is 10.2 Å². The Morgan fingerprint density at radius 2 is 1.12 bits per heavy atom. The van der Waals surface area contributed by atoms with E-state index in [1.165, 1.54) is 0 Å². The van der Waals surface area contributed by atoms with Gasteiger partial charge in [0, 0.05) is 0 Å². The van der Waals surface area contributed by atoms with E-state index >= 15 is 0 Å². The Bertz CT molecular complexity index is 254. The minimum Gasteiger partial charge on any atom is -0.481 e. The number of alkyl halides is 2. The van der Waals surface area contributed by atoms with Crippen LogP contribution in [0.4, 0.5) is 8.78 Å². The van der Waals surface area contributed by atoms with Crippen LogP contribution in [-0.4, -0.2) is 34.5 Å². The molecule has 0 spiro atoms. The van der Waals surface area contributed by atoms with E-state index in [0.717, 1.165) is 0 Å². The third kappa shape index (κ3) is 2.90. The molecule has 4 nitrogen and oxygen atoms in total. The largest absolute Gasteiger partial charge is 0.481 e. The van der Waals surface area contributed by atoms with Crippen molar-refractivity contribution in [3.63, 3.8) is 0 Å². The molecule has 0 aromatic heterocycles. The van der Waals surface area contributed by atoms with E-state index in [9.17, 15) is 18.4 Å². The zero-order valence-electron chi connectivity index (χ0n) is 8.60. The standard InChI is InChI=1S/2C5H7FO2/c2*6-4-2-1-3(4)5(7)8/h2*3-4H,1-2H2,(H,7,8)/t2*3-,4+/m10/s1. The molecule has 2 fully saturated rings. The smallest absolute Gasteiger partial charge is 0.309 e. The van der Waals surface area contributed by atoms with E-state index in [1.54, 1.807) is 0 Å². The maximum atomic E-state index is 12.1. The fourth-order valence-electron chi connectivity index (χ4n) is 1.48. The first kappa shape index (κ1) is 12.9. The number of aliphatic carboxylic acids is 2. The number of carboxylic acid groups (broad SMARTS) is 2. The summed E-state index contributed by atoms with van der Waals surface area (Å²) in [6.45, 7) is 0. The Hall–Kier alpha value is -1.20.